The largest absolute Gasteiger partial charge is 0.508 e. The number of phenolic OH excluding ortho intramolecular Hbond substituents is 1. The molecule has 214 valence electrons. The first kappa shape index (κ1) is 29.0. The van der Waals surface area contributed by atoms with Crippen LogP contribution in [-0.2, 0) is 22.5 Å². The number of aromatic hydroxyl groups is 1. The van der Waals surface area contributed by atoms with E-state index in [4.69, 9.17) is 0 Å². The zero-order chi connectivity index (χ0) is 30.1. The Morgan fingerprint density at radius 2 is 1.35 bits per heavy atom. The standard InChI is InChI=1S/C23H12F10N2O4S/c1-8-14-12(22(29,30)31)6-11(39-40(34,37)38)7-13(14)35(21(8)9-2-4-10(36)5-3-9)23(32,33)15-16(24)18(26)20(28)19(27)17(15)25/h2-7,36H,1H3,(H2,34,37,38). The van der Waals surface area contributed by atoms with E-state index in [1.54, 1.807) is 0 Å². The highest BCUT2D eigenvalue weighted by molar-refractivity contribution is 7.84. The van der Waals surface area contributed by atoms with Gasteiger partial charge in [0.05, 0.1) is 16.8 Å². The fraction of sp³-hybridized carbons (Fsp3) is 0.130. The van der Waals surface area contributed by atoms with Crippen molar-refractivity contribution in [1.29, 1.82) is 0 Å². The zero-order valence-corrected chi connectivity index (χ0v) is 20.2. The molecule has 3 aromatic carbocycles. The smallest absolute Gasteiger partial charge is 0.417 e. The van der Waals surface area contributed by atoms with Gasteiger partial charge in [0, 0.05) is 11.5 Å². The summed E-state index contributed by atoms with van der Waals surface area (Å²) in [7, 11) is -5.05. The maximum absolute atomic E-state index is 16.1. The van der Waals surface area contributed by atoms with Crippen molar-refractivity contribution in [3.63, 3.8) is 0 Å². The Morgan fingerprint density at radius 3 is 1.82 bits per heavy atom. The lowest BCUT2D eigenvalue weighted by atomic mass is 10.0. The Morgan fingerprint density at radius 1 is 0.850 bits per heavy atom. The highest BCUT2D eigenvalue weighted by atomic mass is 32.2. The van der Waals surface area contributed by atoms with E-state index in [2.05, 4.69) is 9.32 Å². The number of fused-ring (bicyclic) bond motifs is 1. The molecule has 4 aromatic rings. The summed E-state index contributed by atoms with van der Waals surface area (Å²) in [6, 6.07) is -1.28. The van der Waals surface area contributed by atoms with Crippen molar-refractivity contribution >= 4 is 21.2 Å². The number of rotatable bonds is 5. The van der Waals surface area contributed by atoms with Crippen LogP contribution in [0.4, 0.5) is 43.9 Å². The second kappa shape index (κ2) is 9.29. The minimum absolute atomic E-state index is 0.0984. The zero-order valence-electron chi connectivity index (χ0n) is 19.3. The van der Waals surface area contributed by atoms with Crippen LogP contribution in [0.2, 0.25) is 0 Å². The van der Waals surface area contributed by atoms with Crippen LogP contribution >= 0.6 is 0 Å². The van der Waals surface area contributed by atoms with Crippen molar-refractivity contribution in [1.82, 2.24) is 4.57 Å². The number of benzene rings is 3. The number of alkyl halides is 5. The van der Waals surface area contributed by atoms with Crippen LogP contribution in [0.1, 0.15) is 16.7 Å². The van der Waals surface area contributed by atoms with E-state index < -0.39 is 107 Å². The Balaban J connectivity index is 2.28. The molecule has 0 aliphatic heterocycles. The number of hydrogen-bond acceptors (Lipinski definition) is 4. The molecule has 0 fully saturated rings. The van der Waals surface area contributed by atoms with Crippen molar-refractivity contribution in [3.8, 4) is 22.8 Å². The Labute approximate surface area is 217 Å². The lowest BCUT2D eigenvalue weighted by Gasteiger charge is -2.24. The van der Waals surface area contributed by atoms with Gasteiger partial charge in [-0.2, -0.15) is 35.5 Å². The van der Waals surface area contributed by atoms with Crippen LogP contribution in [0.15, 0.2) is 36.4 Å². The summed E-state index contributed by atoms with van der Waals surface area (Å²) >= 11 is 0. The molecular formula is C23H12F10N2O4S. The van der Waals surface area contributed by atoms with Gasteiger partial charge in [-0.25, -0.2) is 22.0 Å². The highest BCUT2D eigenvalue weighted by Gasteiger charge is 2.48. The molecule has 0 saturated heterocycles. The molecule has 3 N–H and O–H groups in total. The molecule has 0 radical (unpaired) electrons. The molecule has 0 spiro atoms. The van der Waals surface area contributed by atoms with E-state index in [1.807, 2.05) is 0 Å². The molecule has 0 aliphatic rings. The highest BCUT2D eigenvalue weighted by Crippen LogP contribution is 2.49. The molecule has 17 heteroatoms. The summed E-state index contributed by atoms with van der Waals surface area (Å²) in [5.41, 5.74) is -7.75. The first-order valence-corrected chi connectivity index (χ1v) is 11.9. The van der Waals surface area contributed by atoms with Crippen molar-refractivity contribution in [2.75, 3.05) is 0 Å². The molecule has 4 rings (SSSR count). The second-order valence-corrected chi connectivity index (χ2v) is 9.43. The normalized spacial score (nSPS) is 12.8. The summed E-state index contributed by atoms with van der Waals surface area (Å²) in [5.74, 6) is -16.0. The first-order chi connectivity index (χ1) is 18.3. The van der Waals surface area contributed by atoms with Crippen molar-refractivity contribution in [2.45, 2.75) is 19.1 Å². The number of nitrogens with zero attached hydrogens (tertiary/aromatic N) is 1. The maximum atomic E-state index is 16.1. The molecular weight excluding hydrogens is 590 g/mol. The van der Waals surface area contributed by atoms with Gasteiger partial charge in [-0.15, -0.1) is 0 Å². The predicted molar refractivity (Wildman–Crippen MR) is 118 cm³/mol. The van der Waals surface area contributed by atoms with Crippen LogP contribution in [0.25, 0.3) is 22.2 Å². The molecule has 0 amide bonds. The van der Waals surface area contributed by atoms with Gasteiger partial charge >= 0.3 is 22.5 Å². The maximum Gasteiger partial charge on any atom is 0.417 e. The first-order valence-electron chi connectivity index (χ1n) is 10.5. The number of aromatic nitrogens is 1. The summed E-state index contributed by atoms with van der Waals surface area (Å²) < 4.78 is 172. The van der Waals surface area contributed by atoms with Gasteiger partial charge in [0.2, 0.25) is 5.82 Å². The van der Waals surface area contributed by atoms with Gasteiger partial charge < -0.3 is 9.29 Å². The lowest BCUT2D eigenvalue weighted by Crippen LogP contribution is -2.30. The fourth-order valence-corrected chi connectivity index (χ4v) is 4.59. The van der Waals surface area contributed by atoms with E-state index in [9.17, 15) is 48.6 Å². The number of hydrogen-bond donors (Lipinski definition) is 2. The van der Waals surface area contributed by atoms with Gasteiger partial charge in [-0.3, -0.25) is 4.57 Å². The third kappa shape index (κ3) is 4.68. The minimum atomic E-state index is -5.39. The SMILES string of the molecule is Cc1c(-c2ccc(O)cc2)n(C(F)(F)c2c(F)c(F)c(F)c(F)c2F)c2cc(OS(N)(=O)=O)cc(C(F)(F)F)c12. The van der Waals surface area contributed by atoms with E-state index in [1.165, 1.54) is 0 Å². The Hall–Kier alpha value is -3.99. The van der Waals surface area contributed by atoms with Crippen LogP contribution in [0, 0.1) is 36.0 Å². The van der Waals surface area contributed by atoms with E-state index in [-0.39, 0.29) is 6.07 Å². The molecule has 0 unspecified atom stereocenters. The molecule has 0 bridgehead atoms. The fourth-order valence-electron chi connectivity index (χ4n) is 4.22. The van der Waals surface area contributed by atoms with E-state index >= 15 is 8.78 Å². The summed E-state index contributed by atoms with van der Waals surface area (Å²) in [6.45, 7) is 0.880. The summed E-state index contributed by atoms with van der Waals surface area (Å²) in [5, 5.41) is 13.2. The number of aryl methyl sites for hydroxylation is 1. The van der Waals surface area contributed by atoms with Gasteiger partial charge in [-0.1, -0.05) is 0 Å². The van der Waals surface area contributed by atoms with Crippen molar-refractivity contribution < 1.29 is 61.6 Å². The molecule has 6 nitrogen and oxygen atoms in total. The van der Waals surface area contributed by atoms with Crippen molar-refractivity contribution in [3.05, 3.63) is 82.2 Å². The third-order valence-electron chi connectivity index (χ3n) is 5.74. The summed E-state index contributed by atoms with van der Waals surface area (Å²) in [4.78, 5) is 0. The number of phenols is 1. The molecule has 0 aliphatic carbocycles. The second-order valence-electron chi connectivity index (χ2n) is 8.28. The molecule has 0 saturated carbocycles. The lowest BCUT2D eigenvalue weighted by molar-refractivity contribution is -0.136. The average Bonchev–Trinajstić information content (AvgIpc) is 3.12. The van der Waals surface area contributed by atoms with Gasteiger partial charge in [0.1, 0.15) is 17.1 Å². The topological polar surface area (TPSA) is 94.5 Å². The molecule has 40 heavy (non-hydrogen) atoms. The van der Waals surface area contributed by atoms with E-state index in [0.717, 1.165) is 31.2 Å². The Kier molecular flexibility index (Phi) is 6.74. The monoisotopic (exact) mass is 602 g/mol. The number of nitrogens with two attached hydrogens (primary N) is 1. The van der Waals surface area contributed by atoms with Gasteiger partial charge in [0.25, 0.3) is 0 Å². The molecule has 1 heterocycles. The third-order valence-corrected chi connectivity index (χ3v) is 6.16. The Bertz CT molecular complexity index is 1750. The molecule has 0 atom stereocenters. The average molecular weight is 602 g/mol. The van der Waals surface area contributed by atoms with Gasteiger partial charge in [0.15, 0.2) is 23.3 Å². The van der Waals surface area contributed by atoms with E-state index in [0.29, 0.717) is 6.07 Å². The van der Waals surface area contributed by atoms with Crippen LogP contribution in [0.3, 0.4) is 0 Å². The quantitative estimate of drug-likeness (QED) is 0.161. The van der Waals surface area contributed by atoms with Gasteiger partial charge in [-0.05, 0) is 48.4 Å². The minimum Gasteiger partial charge on any atom is -0.508 e. The van der Waals surface area contributed by atoms with Crippen LogP contribution in [-0.4, -0.2) is 18.1 Å². The van der Waals surface area contributed by atoms with Crippen molar-refractivity contribution in [2.24, 2.45) is 5.14 Å². The molecule has 1 aromatic heterocycles. The summed E-state index contributed by atoms with van der Waals surface area (Å²) in [6.07, 6.45) is -5.39. The van der Waals surface area contributed by atoms with Crippen LogP contribution in [0.5, 0.6) is 11.5 Å². The number of halogens is 10. The predicted octanol–water partition coefficient (Wildman–Crippen LogP) is 6.22. The van der Waals surface area contributed by atoms with Crippen LogP contribution < -0.4 is 9.32 Å².